The second-order valence-corrected chi connectivity index (χ2v) is 2.73. The van der Waals surface area contributed by atoms with Crippen LogP contribution in [0.5, 0.6) is 0 Å². The van der Waals surface area contributed by atoms with E-state index in [4.69, 9.17) is 0 Å². The van der Waals surface area contributed by atoms with E-state index in [1.807, 2.05) is 30.6 Å². The molecule has 2 aromatic rings. The summed E-state index contributed by atoms with van der Waals surface area (Å²) in [5.74, 6) is 0. The maximum Gasteiger partial charge on any atom is 0.0565 e. The van der Waals surface area contributed by atoms with Gasteiger partial charge in [0.05, 0.1) is 6.20 Å². The zero-order valence-corrected chi connectivity index (χ0v) is 6.83. The molecule has 0 atom stereocenters. The Hall–Kier alpha value is -1.57. The molecule has 0 unspecified atom stereocenters. The molecule has 0 aliphatic heterocycles. The minimum atomic E-state index is 1.12. The highest BCUT2D eigenvalue weighted by atomic mass is 15.1. The second-order valence-electron chi connectivity index (χ2n) is 2.73. The van der Waals surface area contributed by atoms with Gasteiger partial charge in [0.1, 0.15) is 0 Å². The number of nitrogens with one attached hydrogen (secondary N) is 1. The van der Waals surface area contributed by atoms with E-state index in [0.717, 1.165) is 5.56 Å². The van der Waals surface area contributed by atoms with E-state index in [9.17, 15) is 0 Å². The Labute approximate surface area is 71.3 Å². The molecule has 2 nitrogen and oxygen atoms in total. The van der Waals surface area contributed by atoms with Crippen molar-refractivity contribution in [3.05, 3.63) is 42.2 Å². The first kappa shape index (κ1) is 7.10. The highest BCUT2D eigenvalue weighted by molar-refractivity contribution is 5.65. The molecule has 59 valence electrons. The van der Waals surface area contributed by atoms with Gasteiger partial charge in [0.15, 0.2) is 0 Å². The molecule has 0 saturated carbocycles. The van der Waals surface area contributed by atoms with E-state index < -0.39 is 0 Å². The summed E-state index contributed by atoms with van der Waals surface area (Å²) in [5.41, 5.74) is 3.55. The fourth-order valence-electron chi connectivity index (χ4n) is 1.22. The van der Waals surface area contributed by atoms with Crippen LogP contribution in [0, 0.1) is 13.0 Å². The molecule has 1 aromatic carbocycles. The van der Waals surface area contributed by atoms with E-state index in [-0.39, 0.29) is 0 Å². The van der Waals surface area contributed by atoms with Crippen molar-refractivity contribution in [3.63, 3.8) is 0 Å². The van der Waals surface area contributed by atoms with Crippen LogP contribution in [0.1, 0.15) is 5.56 Å². The molecule has 0 fully saturated rings. The van der Waals surface area contributed by atoms with Crippen LogP contribution >= 0.6 is 0 Å². The predicted molar refractivity (Wildman–Crippen MR) is 47.6 cm³/mol. The van der Waals surface area contributed by atoms with Gasteiger partial charge in [0, 0.05) is 11.8 Å². The summed E-state index contributed by atoms with van der Waals surface area (Å²) >= 11 is 0. The number of benzene rings is 1. The number of aromatic nitrogens is 2. The molecule has 1 radical (unpaired) electrons. The van der Waals surface area contributed by atoms with Crippen LogP contribution in [0.4, 0.5) is 0 Å². The van der Waals surface area contributed by atoms with Crippen LogP contribution in [0.15, 0.2) is 30.6 Å². The van der Waals surface area contributed by atoms with Crippen LogP contribution in [0.2, 0.25) is 0 Å². The number of aromatic amines is 1. The monoisotopic (exact) mass is 157 g/mol. The quantitative estimate of drug-likeness (QED) is 0.675. The van der Waals surface area contributed by atoms with E-state index in [2.05, 4.69) is 23.2 Å². The third-order valence-electron chi connectivity index (χ3n) is 1.89. The van der Waals surface area contributed by atoms with Crippen LogP contribution in [-0.4, -0.2) is 10.2 Å². The van der Waals surface area contributed by atoms with Crippen LogP contribution in [-0.2, 0) is 0 Å². The Bertz CT molecular complexity index is 363. The predicted octanol–water partition coefficient (Wildman–Crippen LogP) is 2.19. The number of rotatable bonds is 1. The minimum absolute atomic E-state index is 1.12. The lowest BCUT2D eigenvalue weighted by Crippen LogP contribution is -1.78. The lowest BCUT2D eigenvalue weighted by atomic mass is 10.0. The molecule has 1 N–H and O–H groups in total. The van der Waals surface area contributed by atoms with Crippen LogP contribution in [0.3, 0.4) is 0 Å². The first-order chi connectivity index (χ1) is 5.88. The van der Waals surface area contributed by atoms with Gasteiger partial charge in [-0.1, -0.05) is 12.1 Å². The maximum absolute atomic E-state index is 3.90. The van der Waals surface area contributed by atoms with Gasteiger partial charge in [-0.25, -0.2) is 0 Å². The topological polar surface area (TPSA) is 28.7 Å². The molecule has 0 saturated heterocycles. The van der Waals surface area contributed by atoms with Gasteiger partial charge in [0.25, 0.3) is 0 Å². The number of H-pyrrole nitrogens is 1. The van der Waals surface area contributed by atoms with Gasteiger partial charge in [-0.15, -0.1) is 0 Å². The highest BCUT2D eigenvalue weighted by Crippen LogP contribution is 2.20. The zero-order chi connectivity index (χ0) is 8.39. The molecule has 0 aliphatic carbocycles. The van der Waals surface area contributed by atoms with Gasteiger partial charge in [-0.3, -0.25) is 5.10 Å². The summed E-state index contributed by atoms with van der Waals surface area (Å²) in [5, 5.41) is 6.69. The zero-order valence-electron chi connectivity index (χ0n) is 6.83. The lowest BCUT2D eigenvalue weighted by Gasteiger charge is -1.99. The molecule has 1 heterocycles. The summed E-state index contributed by atoms with van der Waals surface area (Å²) in [7, 11) is 0. The average Bonchev–Trinajstić information content (AvgIpc) is 2.57. The van der Waals surface area contributed by atoms with Gasteiger partial charge >= 0.3 is 0 Å². The number of nitrogens with zero attached hydrogens (tertiary/aromatic N) is 1. The molecule has 12 heavy (non-hydrogen) atoms. The summed E-state index contributed by atoms with van der Waals surface area (Å²) in [6.45, 7) is 2.08. The Morgan fingerprint density at radius 1 is 1.50 bits per heavy atom. The van der Waals surface area contributed by atoms with E-state index in [1.54, 1.807) is 0 Å². The molecule has 2 rings (SSSR count). The van der Waals surface area contributed by atoms with Gasteiger partial charge in [0.2, 0.25) is 0 Å². The van der Waals surface area contributed by atoms with Crippen molar-refractivity contribution < 1.29 is 0 Å². The SMILES string of the molecule is Cc1cc[c]cc1-c1cn[nH]c1. The first-order valence-electron chi connectivity index (χ1n) is 3.84. The standard InChI is InChI=1S/C10H9N2/c1-8-4-2-3-5-10(8)9-6-11-12-7-9/h2,4-7H,1H3,(H,11,12). The molecular weight excluding hydrogens is 148 g/mol. The number of hydrogen-bond acceptors (Lipinski definition) is 1. The van der Waals surface area contributed by atoms with Gasteiger partial charge in [-0.05, 0) is 30.2 Å². The fourth-order valence-corrected chi connectivity index (χ4v) is 1.22. The highest BCUT2D eigenvalue weighted by Gasteiger charge is 1.99. The smallest absolute Gasteiger partial charge is 0.0565 e. The van der Waals surface area contributed by atoms with Crippen molar-refractivity contribution in [2.75, 3.05) is 0 Å². The molecule has 0 amide bonds. The fraction of sp³-hybridized carbons (Fsp3) is 0.100. The molecule has 2 heteroatoms. The summed E-state index contributed by atoms with van der Waals surface area (Å²) in [6.07, 6.45) is 3.70. The van der Waals surface area contributed by atoms with E-state index >= 15 is 0 Å². The average molecular weight is 157 g/mol. The van der Waals surface area contributed by atoms with Gasteiger partial charge < -0.3 is 0 Å². The molecule has 0 aliphatic rings. The molecule has 0 bridgehead atoms. The minimum Gasteiger partial charge on any atom is -0.285 e. The second kappa shape index (κ2) is 2.81. The van der Waals surface area contributed by atoms with Crippen molar-refractivity contribution in [1.29, 1.82) is 0 Å². The summed E-state index contributed by atoms with van der Waals surface area (Å²) < 4.78 is 0. The molecular formula is C10H9N2. The summed E-state index contributed by atoms with van der Waals surface area (Å²) in [4.78, 5) is 0. The van der Waals surface area contributed by atoms with Crippen LogP contribution < -0.4 is 0 Å². The Balaban J connectivity index is 2.55. The largest absolute Gasteiger partial charge is 0.285 e. The lowest BCUT2D eigenvalue weighted by molar-refractivity contribution is 1.09. The number of aryl methyl sites for hydroxylation is 1. The third kappa shape index (κ3) is 1.11. The van der Waals surface area contributed by atoms with Crippen molar-refractivity contribution >= 4 is 0 Å². The number of hydrogen-bond donors (Lipinski definition) is 1. The Morgan fingerprint density at radius 2 is 2.42 bits per heavy atom. The third-order valence-corrected chi connectivity index (χ3v) is 1.89. The van der Waals surface area contributed by atoms with Crippen molar-refractivity contribution in [2.45, 2.75) is 6.92 Å². The van der Waals surface area contributed by atoms with Crippen molar-refractivity contribution in [1.82, 2.24) is 10.2 Å². The maximum atomic E-state index is 3.90. The van der Waals surface area contributed by atoms with Crippen LogP contribution in [0.25, 0.3) is 11.1 Å². The molecule has 1 aromatic heterocycles. The molecule has 0 spiro atoms. The van der Waals surface area contributed by atoms with E-state index in [0.29, 0.717) is 0 Å². The normalized spacial score (nSPS) is 10.1. The van der Waals surface area contributed by atoms with E-state index in [1.165, 1.54) is 11.1 Å². The first-order valence-corrected chi connectivity index (χ1v) is 3.84. The Kier molecular flexibility index (Phi) is 1.67. The van der Waals surface area contributed by atoms with Crippen molar-refractivity contribution in [3.8, 4) is 11.1 Å². The van der Waals surface area contributed by atoms with Gasteiger partial charge in [-0.2, -0.15) is 5.10 Å². The summed E-state index contributed by atoms with van der Waals surface area (Å²) in [6, 6.07) is 8.98. The Morgan fingerprint density at radius 3 is 3.08 bits per heavy atom. The van der Waals surface area contributed by atoms with Crippen molar-refractivity contribution in [2.24, 2.45) is 0 Å².